The normalized spacial score (nSPS) is 15.4. The predicted molar refractivity (Wildman–Crippen MR) is 116 cm³/mol. The van der Waals surface area contributed by atoms with Gasteiger partial charge in [0.05, 0.1) is 7.11 Å². The van der Waals surface area contributed by atoms with Gasteiger partial charge in [-0.3, -0.25) is 9.69 Å². The molecule has 1 amide bonds. The first-order chi connectivity index (χ1) is 13.6. The van der Waals surface area contributed by atoms with Crippen molar-refractivity contribution in [3.8, 4) is 5.75 Å². The van der Waals surface area contributed by atoms with E-state index in [0.717, 1.165) is 62.1 Å². The minimum absolute atomic E-state index is 0.155. The monoisotopic (exact) mass is 444 g/mol. The number of amides is 1. The molecule has 0 atom stereocenters. The Morgan fingerprint density at radius 3 is 2.36 bits per heavy atom. The Bertz CT molecular complexity index is 738. The maximum atomic E-state index is 12.4. The van der Waals surface area contributed by atoms with Gasteiger partial charge in [-0.15, -0.1) is 0 Å². The smallest absolute Gasteiger partial charge is 0.223 e. The van der Waals surface area contributed by atoms with Crippen molar-refractivity contribution in [3.05, 3.63) is 64.1 Å². The second kappa shape index (κ2) is 10.6. The lowest BCUT2D eigenvalue weighted by Gasteiger charge is -2.31. The van der Waals surface area contributed by atoms with Gasteiger partial charge in [-0.05, 0) is 74.2 Å². The van der Waals surface area contributed by atoms with E-state index in [1.165, 1.54) is 11.1 Å². The van der Waals surface area contributed by atoms with Crippen LogP contribution >= 0.6 is 15.9 Å². The third-order valence-corrected chi connectivity index (χ3v) is 5.91. The number of hydrogen-bond donors (Lipinski definition) is 1. The van der Waals surface area contributed by atoms with Crippen molar-refractivity contribution in [3.63, 3.8) is 0 Å². The third-order valence-electron chi connectivity index (χ3n) is 5.38. The molecule has 1 aliphatic heterocycles. The van der Waals surface area contributed by atoms with Gasteiger partial charge in [0.2, 0.25) is 5.91 Å². The predicted octanol–water partition coefficient (Wildman–Crippen LogP) is 4.42. The van der Waals surface area contributed by atoms with Crippen LogP contribution in [0.3, 0.4) is 0 Å². The van der Waals surface area contributed by atoms with E-state index in [1.807, 2.05) is 12.1 Å². The quantitative estimate of drug-likeness (QED) is 0.612. The van der Waals surface area contributed by atoms with Crippen molar-refractivity contribution in [2.45, 2.75) is 32.2 Å². The zero-order chi connectivity index (χ0) is 19.8. The van der Waals surface area contributed by atoms with E-state index in [4.69, 9.17) is 4.74 Å². The first-order valence-electron chi connectivity index (χ1n) is 10.0. The highest BCUT2D eigenvalue weighted by Crippen LogP contribution is 2.20. The maximum absolute atomic E-state index is 12.4. The van der Waals surface area contributed by atoms with Crippen LogP contribution in [0.1, 0.15) is 30.4 Å². The van der Waals surface area contributed by atoms with Crippen LogP contribution in [0.15, 0.2) is 53.0 Å². The van der Waals surface area contributed by atoms with Crippen molar-refractivity contribution >= 4 is 21.8 Å². The van der Waals surface area contributed by atoms with E-state index >= 15 is 0 Å². The molecule has 0 saturated carbocycles. The molecule has 0 bridgehead atoms. The Morgan fingerprint density at radius 1 is 1.07 bits per heavy atom. The second-order valence-corrected chi connectivity index (χ2v) is 8.34. The summed E-state index contributed by atoms with van der Waals surface area (Å²) in [6.07, 6.45) is 3.82. The van der Waals surface area contributed by atoms with E-state index in [9.17, 15) is 4.79 Å². The van der Waals surface area contributed by atoms with Crippen LogP contribution in [-0.4, -0.2) is 37.6 Å². The fraction of sp³-hybridized carbons (Fsp3) is 0.435. The molecule has 3 rings (SSSR count). The molecule has 2 aromatic carbocycles. The summed E-state index contributed by atoms with van der Waals surface area (Å²) in [7, 11) is 1.68. The number of likely N-dealkylation sites (tertiary alicyclic amines) is 1. The Kier molecular flexibility index (Phi) is 7.92. The van der Waals surface area contributed by atoms with Gasteiger partial charge in [0.1, 0.15) is 5.75 Å². The van der Waals surface area contributed by atoms with Gasteiger partial charge in [-0.25, -0.2) is 0 Å². The minimum Gasteiger partial charge on any atom is -0.497 e. The standard InChI is InChI=1S/C23H29BrN2O2/c1-28-22-10-6-18(7-11-22)3-2-14-25-23(27)20-12-15-26(16-13-20)17-19-4-8-21(24)9-5-19/h4-11,20H,2-3,12-17H2,1H3,(H,25,27). The minimum atomic E-state index is 0.155. The Balaban J connectivity index is 1.32. The van der Waals surface area contributed by atoms with Gasteiger partial charge in [0, 0.05) is 23.5 Å². The molecule has 1 saturated heterocycles. The highest BCUT2D eigenvalue weighted by atomic mass is 79.9. The van der Waals surface area contributed by atoms with Gasteiger partial charge >= 0.3 is 0 Å². The zero-order valence-electron chi connectivity index (χ0n) is 16.5. The first kappa shape index (κ1) is 20.9. The highest BCUT2D eigenvalue weighted by Gasteiger charge is 2.24. The summed E-state index contributed by atoms with van der Waals surface area (Å²) in [5.74, 6) is 1.25. The fourth-order valence-corrected chi connectivity index (χ4v) is 3.91. The van der Waals surface area contributed by atoms with Crippen LogP contribution in [0.25, 0.3) is 0 Å². The molecule has 2 aromatic rings. The molecule has 4 nitrogen and oxygen atoms in total. The Morgan fingerprint density at radius 2 is 1.71 bits per heavy atom. The van der Waals surface area contributed by atoms with Gasteiger partial charge in [0.25, 0.3) is 0 Å². The number of piperidine rings is 1. The lowest BCUT2D eigenvalue weighted by Crippen LogP contribution is -2.40. The number of carbonyl (C=O) groups excluding carboxylic acids is 1. The lowest BCUT2D eigenvalue weighted by molar-refractivity contribution is -0.126. The summed E-state index contributed by atoms with van der Waals surface area (Å²) in [5, 5.41) is 3.13. The van der Waals surface area contributed by atoms with E-state index in [0.29, 0.717) is 0 Å². The van der Waals surface area contributed by atoms with E-state index in [-0.39, 0.29) is 11.8 Å². The van der Waals surface area contributed by atoms with E-state index in [2.05, 4.69) is 62.5 Å². The van der Waals surface area contributed by atoms with Gasteiger partial charge < -0.3 is 10.1 Å². The lowest BCUT2D eigenvalue weighted by atomic mass is 9.95. The summed E-state index contributed by atoms with van der Waals surface area (Å²) in [6, 6.07) is 16.6. The average molecular weight is 445 g/mol. The molecule has 0 spiro atoms. The third kappa shape index (κ3) is 6.35. The fourth-order valence-electron chi connectivity index (χ4n) is 3.64. The number of rotatable bonds is 8. The number of methoxy groups -OCH3 is 1. The average Bonchev–Trinajstić information content (AvgIpc) is 2.73. The molecular formula is C23H29BrN2O2. The molecule has 150 valence electrons. The Hall–Kier alpha value is -1.85. The van der Waals surface area contributed by atoms with Crippen molar-refractivity contribution < 1.29 is 9.53 Å². The van der Waals surface area contributed by atoms with Crippen molar-refractivity contribution in [2.24, 2.45) is 5.92 Å². The second-order valence-electron chi connectivity index (χ2n) is 7.42. The van der Waals surface area contributed by atoms with Crippen molar-refractivity contribution in [2.75, 3.05) is 26.7 Å². The summed E-state index contributed by atoms with van der Waals surface area (Å²) in [5.41, 5.74) is 2.60. The number of ether oxygens (including phenoxy) is 1. The molecule has 0 unspecified atom stereocenters. The zero-order valence-corrected chi connectivity index (χ0v) is 18.1. The number of nitrogens with one attached hydrogen (secondary N) is 1. The molecule has 1 fully saturated rings. The summed E-state index contributed by atoms with van der Waals surface area (Å²) < 4.78 is 6.29. The molecule has 1 heterocycles. The number of aryl methyl sites for hydroxylation is 1. The van der Waals surface area contributed by atoms with Crippen LogP contribution in [0.4, 0.5) is 0 Å². The highest BCUT2D eigenvalue weighted by molar-refractivity contribution is 9.10. The number of benzene rings is 2. The van der Waals surface area contributed by atoms with Crippen LogP contribution in [0.2, 0.25) is 0 Å². The summed E-state index contributed by atoms with van der Waals surface area (Å²) in [4.78, 5) is 14.9. The molecule has 0 radical (unpaired) electrons. The van der Waals surface area contributed by atoms with Crippen LogP contribution in [0, 0.1) is 5.92 Å². The van der Waals surface area contributed by atoms with E-state index in [1.54, 1.807) is 7.11 Å². The maximum Gasteiger partial charge on any atom is 0.223 e. The molecule has 1 N–H and O–H groups in total. The molecule has 28 heavy (non-hydrogen) atoms. The van der Waals surface area contributed by atoms with Gasteiger partial charge in [-0.1, -0.05) is 40.2 Å². The first-order valence-corrected chi connectivity index (χ1v) is 10.8. The van der Waals surface area contributed by atoms with Crippen molar-refractivity contribution in [1.29, 1.82) is 0 Å². The van der Waals surface area contributed by atoms with Crippen LogP contribution in [-0.2, 0) is 17.8 Å². The molecule has 0 aliphatic carbocycles. The Labute approximate surface area is 176 Å². The largest absolute Gasteiger partial charge is 0.497 e. The number of carbonyl (C=O) groups is 1. The summed E-state index contributed by atoms with van der Waals surface area (Å²) >= 11 is 3.48. The van der Waals surface area contributed by atoms with Crippen molar-refractivity contribution in [1.82, 2.24) is 10.2 Å². The van der Waals surface area contributed by atoms with Crippen LogP contribution in [0.5, 0.6) is 5.75 Å². The SMILES string of the molecule is COc1ccc(CCCNC(=O)C2CCN(Cc3ccc(Br)cc3)CC2)cc1. The van der Waals surface area contributed by atoms with Gasteiger partial charge in [0.15, 0.2) is 0 Å². The number of nitrogens with zero attached hydrogens (tertiary/aromatic N) is 1. The molecule has 5 heteroatoms. The van der Waals surface area contributed by atoms with Gasteiger partial charge in [-0.2, -0.15) is 0 Å². The van der Waals surface area contributed by atoms with Crippen LogP contribution < -0.4 is 10.1 Å². The number of halogens is 1. The molecule has 1 aliphatic rings. The molecular weight excluding hydrogens is 416 g/mol. The summed E-state index contributed by atoms with van der Waals surface area (Å²) in [6.45, 7) is 3.67. The number of hydrogen-bond acceptors (Lipinski definition) is 3. The van der Waals surface area contributed by atoms with E-state index < -0.39 is 0 Å². The molecule has 0 aromatic heterocycles. The topological polar surface area (TPSA) is 41.6 Å².